The number of carbonyl (C=O) groups excluding carboxylic acids is 2. The van der Waals surface area contributed by atoms with Crippen molar-refractivity contribution in [1.82, 2.24) is 14.7 Å². The second kappa shape index (κ2) is 7.29. The molecule has 3 rings (SSSR count). The third kappa shape index (κ3) is 3.93. The number of nitrogens with zero attached hydrogens (tertiary/aromatic N) is 3. The minimum atomic E-state index is -0.604. The Bertz CT molecular complexity index is 836. The monoisotopic (exact) mass is 341 g/mol. The summed E-state index contributed by atoms with van der Waals surface area (Å²) < 4.78 is 6.28. The Labute approximate surface area is 144 Å². The summed E-state index contributed by atoms with van der Waals surface area (Å²) in [7, 11) is 1.47. The fraction of sp³-hybridized carbons (Fsp3) is 0.333. The summed E-state index contributed by atoms with van der Waals surface area (Å²) >= 11 is 0. The van der Waals surface area contributed by atoms with Crippen LogP contribution in [-0.4, -0.2) is 39.6 Å². The van der Waals surface area contributed by atoms with Crippen LogP contribution in [0.3, 0.4) is 0 Å². The van der Waals surface area contributed by atoms with E-state index in [1.165, 1.54) is 19.2 Å². The standard InChI is InChI=1S/C18H19N3O4/c1-20-16(22)9-8-15(19-20)18(24)25-12-13-4-6-14(7-5-13)17(23)21-10-2-3-11-21/h4-9H,2-3,10-12H2,1H3. The Morgan fingerprint density at radius 2 is 1.76 bits per heavy atom. The van der Waals surface area contributed by atoms with Gasteiger partial charge in [-0.15, -0.1) is 0 Å². The number of hydrogen-bond acceptors (Lipinski definition) is 5. The Morgan fingerprint density at radius 3 is 2.40 bits per heavy atom. The van der Waals surface area contributed by atoms with Gasteiger partial charge in [0.25, 0.3) is 11.5 Å². The summed E-state index contributed by atoms with van der Waals surface area (Å²) in [4.78, 5) is 37.4. The molecule has 0 saturated carbocycles. The van der Waals surface area contributed by atoms with E-state index in [4.69, 9.17) is 4.74 Å². The van der Waals surface area contributed by atoms with E-state index >= 15 is 0 Å². The average Bonchev–Trinajstić information content (AvgIpc) is 3.16. The molecule has 0 radical (unpaired) electrons. The maximum atomic E-state index is 12.3. The predicted molar refractivity (Wildman–Crippen MR) is 90.2 cm³/mol. The molecule has 0 unspecified atom stereocenters. The van der Waals surface area contributed by atoms with Gasteiger partial charge < -0.3 is 9.64 Å². The molecule has 7 nitrogen and oxygen atoms in total. The summed E-state index contributed by atoms with van der Waals surface area (Å²) in [6.07, 6.45) is 2.11. The summed E-state index contributed by atoms with van der Waals surface area (Å²) in [6, 6.07) is 9.63. The lowest BCUT2D eigenvalue weighted by atomic mass is 10.1. The number of carbonyl (C=O) groups is 2. The highest BCUT2D eigenvalue weighted by atomic mass is 16.5. The smallest absolute Gasteiger partial charge is 0.359 e. The van der Waals surface area contributed by atoms with E-state index in [-0.39, 0.29) is 23.8 Å². The highest BCUT2D eigenvalue weighted by Gasteiger charge is 2.19. The van der Waals surface area contributed by atoms with Gasteiger partial charge in [-0.25, -0.2) is 9.48 Å². The van der Waals surface area contributed by atoms with E-state index in [0.29, 0.717) is 5.56 Å². The van der Waals surface area contributed by atoms with Crippen LogP contribution < -0.4 is 5.56 Å². The Hall–Kier alpha value is -2.96. The number of esters is 1. The van der Waals surface area contributed by atoms with Crippen LogP contribution in [-0.2, 0) is 18.4 Å². The van der Waals surface area contributed by atoms with Crippen molar-refractivity contribution >= 4 is 11.9 Å². The van der Waals surface area contributed by atoms with Gasteiger partial charge in [-0.3, -0.25) is 9.59 Å². The minimum Gasteiger partial charge on any atom is -0.456 e. The first kappa shape index (κ1) is 16.9. The number of benzene rings is 1. The first-order valence-electron chi connectivity index (χ1n) is 8.14. The van der Waals surface area contributed by atoms with Crippen molar-refractivity contribution in [3.05, 3.63) is 63.6 Å². The molecule has 1 aromatic heterocycles. The van der Waals surface area contributed by atoms with Crippen LogP contribution in [0.5, 0.6) is 0 Å². The van der Waals surface area contributed by atoms with Crippen LogP contribution in [0.1, 0.15) is 39.3 Å². The molecule has 25 heavy (non-hydrogen) atoms. The van der Waals surface area contributed by atoms with Crippen molar-refractivity contribution in [3.8, 4) is 0 Å². The third-order valence-corrected chi connectivity index (χ3v) is 4.13. The molecule has 0 aliphatic carbocycles. The van der Waals surface area contributed by atoms with Crippen molar-refractivity contribution in [3.63, 3.8) is 0 Å². The van der Waals surface area contributed by atoms with Gasteiger partial charge in [-0.2, -0.15) is 5.10 Å². The molecule has 1 aliphatic rings. The van der Waals surface area contributed by atoms with E-state index in [9.17, 15) is 14.4 Å². The molecule has 1 aromatic carbocycles. The van der Waals surface area contributed by atoms with Crippen LogP contribution in [0.2, 0.25) is 0 Å². The predicted octanol–water partition coefficient (Wildman–Crippen LogP) is 1.37. The number of likely N-dealkylation sites (tertiary alicyclic amines) is 1. The third-order valence-electron chi connectivity index (χ3n) is 4.13. The van der Waals surface area contributed by atoms with Crippen LogP contribution in [0.25, 0.3) is 0 Å². The van der Waals surface area contributed by atoms with Crippen LogP contribution in [0.4, 0.5) is 0 Å². The van der Waals surface area contributed by atoms with Gasteiger partial charge in [0, 0.05) is 31.8 Å². The normalized spacial score (nSPS) is 13.7. The zero-order valence-electron chi connectivity index (χ0n) is 14.0. The topological polar surface area (TPSA) is 81.5 Å². The van der Waals surface area contributed by atoms with Crippen LogP contribution >= 0.6 is 0 Å². The summed E-state index contributed by atoms with van der Waals surface area (Å²) in [6.45, 7) is 1.69. The molecular weight excluding hydrogens is 322 g/mol. The molecule has 7 heteroatoms. The van der Waals surface area contributed by atoms with Gasteiger partial charge in [0.05, 0.1) is 0 Å². The maximum absolute atomic E-state index is 12.3. The maximum Gasteiger partial charge on any atom is 0.359 e. The second-order valence-electron chi connectivity index (χ2n) is 5.95. The van der Waals surface area contributed by atoms with Gasteiger partial charge in [-0.05, 0) is 36.6 Å². The van der Waals surface area contributed by atoms with Crippen LogP contribution in [0, 0.1) is 0 Å². The molecule has 2 aromatic rings. The van der Waals surface area contributed by atoms with Crippen molar-refractivity contribution in [2.24, 2.45) is 7.05 Å². The number of rotatable bonds is 4. The summed E-state index contributed by atoms with van der Waals surface area (Å²) in [5, 5.41) is 3.85. The largest absolute Gasteiger partial charge is 0.456 e. The number of ether oxygens (including phenoxy) is 1. The molecule has 130 valence electrons. The van der Waals surface area contributed by atoms with E-state index < -0.39 is 5.97 Å². The molecule has 0 bridgehead atoms. The molecule has 2 heterocycles. The number of aryl methyl sites for hydroxylation is 1. The molecular formula is C18H19N3O4. The molecule has 1 saturated heterocycles. The molecule has 0 atom stereocenters. The lowest BCUT2D eigenvalue weighted by Gasteiger charge is -2.15. The second-order valence-corrected chi connectivity index (χ2v) is 5.95. The van der Waals surface area contributed by atoms with E-state index in [2.05, 4.69) is 5.10 Å². The molecule has 1 aliphatic heterocycles. The molecule has 1 amide bonds. The summed E-state index contributed by atoms with van der Waals surface area (Å²) in [5.74, 6) is -0.566. The van der Waals surface area contributed by atoms with Gasteiger partial charge in [0.15, 0.2) is 5.69 Å². The fourth-order valence-electron chi connectivity index (χ4n) is 2.68. The first-order valence-corrected chi connectivity index (χ1v) is 8.14. The average molecular weight is 341 g/mol. The first-order chi connectivity index (χ1) is 12.0. The molecule has 0 spiro atoms. The van der Waals surface area contributed by atoms with Crippen molar-refractivity contribution in [1.29, 1.82) is 0 Å². The lowest BCUT2D eigenvalue weighted by molar-refractivity contribution is 0.0462. The van der Waals surface area contributed by atoms with E-state index in [0.717, 1.165) is 36.2 Å². The molecule has 1 fully saturated rings. The fourth-order valence-corrected chi connectivity index (χ4v) is 2.68. The Balaban J connectivity index is 1.59. The van der Waals surface area contributed by atoms with Gasteiger partial charge in [0.1, 0.15) is 6.61 Å². The Kier molecular flexibility index (Phi) is 4.92. The number of amides is 1. The highest BCUT2D eigenvalue weighted by molar-refractivity contribution is 5.94. The zero-order chi connectivity index (χ0) is 17.8. The molecule has 0 N–H and O–H groups in total. The van der Waals surface area contributed by atoms with Crippen molar-refractivity contribution in [2.45, 2.75) is 19.4 Å². The zero-order valence-corrected chi connectivity index (χ0v) is 14.0. The minimum absolute atomic E-state index is 0.0375. The Morgan fingerprint density at radius 1 is 1.08 bits per heavy atom. The SMILES string of the molecule is Cn1nc(C(=O)OCc2ccc(C(=O)N3CCCC3)cc2)ccc1=O. The van der Waals surface area contributed by atoms with Crippen LogP contribution in [0.15, 0.2) is 41.2 Å². The van der Waals surface area contributed by atoms with Crippen molar-refractivity contribution < 1.29 is 14.3 Å². The summed E-state index contributed by atoms with van der Waals surface area (Å²) in [5.41, 5.74) is 1.19. The lowest BCUT2D eigenvalue weighted by Crippen LogP contribution is -2.27. The van der Waals surface area contributed by atoms with Gasteiger partial charge >= 0.3 is 5.97 Å². The van der Waals surface area contributed by atoms with Crippen molar-refractivity contribution in [2.75, 3.05) is 13.1 Å². The van der Waals surface area contributed by atoms with E-state index in [1.807, 2.05) is 4.90 Å². The quantitative estimate of drug-likeness (QED) is 0.785. The number of aromatic nitrogens is 2. The van der Waals surface area contributed by atoms with E-state index in [1.54, 1.807) is 24.3 Å². The highest BCUT2D eigenvalue weighted by Crippen LogP contribution is 2.14. The number of hydrogen-bond donors (Lipinski definition) is 0. The van der Waals surface area contributed by atoms with Gasteiger partial charge in [0.2, 0.25) is 0 Å². The van der Waals surface area contributed by atoms with Gasteiger partial charge in [-0.1, -0.05) is 12.1 Å².